The van der Waals surface area contributed by atoms with Crippen LogP contribution in [0.4, 0.5) is 0 Å². The summed E-state index contributed by atoms with van der Waals surface area (Å²) in [6, 6.07) is 0. The Bertz CT molecular complexity index is 198. The molecule has 0 amide bonds. The predicted octanol–water partition coefficient (Wildman–Crippen LogP) is 2.41. The lowest BCUT2D eigenvalue weighted by atomic mass is 10.1. The molecule has 0 saturated carbocycles. The monoisotopic (exact) mass is 290 g/mol. The van der Waals surface area contributed by atoms with E-state index in [1.165, 1.54) is 6.08 Å². The summed E-state index contributed by atoms with van der Waals surface area (Å²) in [7, 11) is 0. The van der Waals surface area contributed by atoms with Crippen LogP contribution in [0.2, 0.25) is 0 Å². The summed E-state index contributed by atoms with van der Waals surface area (Å²) in [5.74, 6) is 0. The van der Waals surface area contributed by atoms with Crippen molar-refractivity contribution in [3.63, 3.8) is 0 Å². The maximum absolute atomic E-state index is 9.26. The van der Waals surface area contributed by atoms with E-state index in [-0.39, 0.29) is 0 Å². The highest BCUT2D eigenvalue weighted by atomic mass is 127. The normalized spacial score (nSPS) is 39.6. The van der Waals surface area contributed by atoms with Crippen molar-refractivity contribution < 1.29 is 5.11 Å². The van der Waals surface area contributed by atoms with Crippen molar-refractivity contribution >= 4 is 45.8 Å². The third kappa shape index (κ3) is 1.87. The van der Waals surface area contributed by atoms with Crippen molar-refractivity contribution in [1.82, 2.24) is 0 Å². The van der Waals surface area contributed by atoms with Crippen LogP contribution in [-0.2, 0) is 0 Å². The molecule has 2 atom stereocenters. The molecule has 0 heterocycles. The molecule has 0 aromatic rings. The lowest BCUT2D eigenvalue weighted by Gasteiger charge is -2.22. The summed E-state index contributed by atoms with van der Waals surface area (Å²) < 4.78 is -0.726. The van der Waals surface area contributed by atoms with Gasteiger partial charge in [0.1, 0.15) is 8.98 Å². The Hall–Kier alpha value is 0.750. The van der Waals surface area contributed by atoms with Crippen molar-refractivity contribution in [3.05, 3.63) is 23.3 Å². The van der Waals surface area contributed by atoms with Crippen LogP contribution < -0.4 is 0 Å². The molecular formula is C6H5Cl2IO. The quantitative estimate of drug-likeness (QED) is 0.537. The largest absolute Gasteiger partial charge is 0.386 e. The zero-order valence-electron chi connectivity index (χ0n) is 4.89. The van der Waals surface area contributed by atoms with Crippen molar-refractivity contribution in [2.75, 3.05) is 0 Å². The summed E-state index contributed by atoms with van der Waals surface area (Å²) in [6.45, 7) is 0. The van der Waals surface area contributed by atoms with Gasteiger partial charge in [-0.3, -0.25) is 0 Å². The molecule has 1 aliphatic carbocycles. The van der Waals surface area contributed by atoms with Gasteiger partial charge < -0.3 is 5.11 Å². The van der Waals surface area contributed by atoms with E-state index in [4.69, 9.17) is 23.2 Å². The number of aliphatic hydroxyl groups is 1. The van der Waals surface area contributed by atoms with Crippen LogP contribution in [0.3, 0.4) is 0 Å². The fourth-order valence-electron chi connectivity index (χ4n) is 0.607. The van der Waals surface area contributed by atoms with E-state index in [1.54, 1.807) is 12.2 Å². The Morgan fingerprint density at radius 1 is 1.70 bits per heavy atom. The van der Waals surface area contributed by atoms with Crippen molar-refractivity contribution in [1.29, 1.82) is 0 Å². The summed E-state index contributed by atoms with van der Waals surface area (Å²) in [5, 5.41) is 9.78. The first-order chi connectivity index (χ1) is 4.52. The molecule has 1 nitrogen and oxygen atoms in total. The van der Waals surface area contributed by atoms with E-state index in [2.05, 4.69) is 0 Å². The molecule has 0 spiro atoms. The van der Waals surface area contributed by atoms with Gasteiger partial charge in [0.25, 0.3) is 0 Å². The minimum atomic E-state index is -0.726. The Morgan fingerprint density at radius 3 is 2.70 bits per heavy atom. The Kier molecular flexibility index (Phi) is 2.66. The molecule has 1 aliphatic rings. The van der Waals surface area contributed by atoms with E-state index in [0.29, 0.717) is 5.03 Å². The Balaban J connectivity index is 2.84. The number of rotatable bonds is 0. The molecule has 1 N–H and O–H groups in total. The Labute approximate surface area is 82.8 Å². The smallest absolute Gasteiger partial charge is 0.143 e. The van der Waals surface area contributed by atoms with Gasteiger partial charge in [0.05, 0.1) is 0 Å². The van der Waals surface area contributed by atoms with Crippen molar-refractivity contribution in [3.8, 4) is 0 Å². The molecule has 0 aliphatic heterocycles. The predicted molar refractivity (Wildman–Crippen MR) is 51.7 cm³/mol. The first-order valence-electron chi connectivity index (χ1n) is 2.65. The number of alkyl halides is 2. The van der Waals surface area contributed by atoms with Crippen molar-refractivity contribution in [2.45, 2.75) is 8.98 Å². The molecule has 0 fully saturated rings. The van der Waals surface area contributed by atoms with Crippen LogP contribution in [0.15, 0.2) is 23.3 Å². The first-order valence-corrected chi connectivity index (χ1v) is 4.48. The molecule has 0 saturated heterocycles. The second-order valence-electron chi connectivity index (χ2n) is 2.00. The van der Waals surface area contributed by atoms with E-state index in [0.717, 1.165) is 0 Å². The fourth-order valence-corrected chi connectivity index (χ4v) is 1.27. The minimum Gasteiger partial charge on any atom is -0.386 e. The Morgan fingerprint density at radius 2 is 2.30 bits per heavy atom. The molecule has 1 rings (SSSR count). The average molecular weight is 291 g/mol. The van der Waals surface area contributed by atoms with Gasteiger partial charge in [-0.05, 0) is 18.2 Å². The highest BCUT2D eigenvalue weighted by molar-refractivity contribution is 14.1. The fraction of sp³-hybridized carbons (Fsp3) is 0.333. The van der Waals surface area contributed by atoms with Gasteiger partial charge in [0.2, 0.25) is 0 Å². The van der Waals surface area contributed by atoms with Crippen LogP contribution in [0.1, 0.15) is 0 Å². The second kappa shape index (κ2) is 3.01. The van der Waals surface area contributed by atoms with Crippen LogP contribution in [0.25, 0.3) is 0 Å². The number of aliphatic hydroxyl groups excluding tert-OH is 1. The molecule has 56 valence electrons. The highest BCUT2D eigenvalue weighted by Gasteiger charge is 2.30. The van der Waals surface area contributed by atoms with Gasteiger partial charge in [0, 0.05) is 5.03 Å². The van der Waals surface area contributed by atoms with Gasteiger partial charge in [-0.2, -0.15) is 0 Å². The summed E-state index contributed by atoms with van der Waals surface area (Å²) in [5.41, 5.74) is 0. The van der Waals surface area contributed by atoms with Crippen LogP contribution >= 0.6 is 45.8 Å². The van der Waals surface area contributed by atoms with Gasteiger partial charge in [-0.25, -0.2) is 0 Å². The minimum absolute atomic E-state index is 0.528. The summed E-state index contributed by atoms with van der Waals surface area (Å²) in [6.07, 6.45) is 4.16. The molecule has 4 heteroatoms. The maximum atomic E-state index is 9.26. The van der Waals surface area contributed by atoms with Crippen LogP contribution in [-0.4, -0.2) is 14.1 Å². The van der Waals surface area contributed by atoms with Gasteiger partial charge in [-0.1, -0.05) is 45.8 Å². The third-order valence-corrected chi connectivity index (χ3v) is 2.78. The van der Waals surface area contributed by atoms with E-state index in [9.17, 15) is 5.11 Å². The number of halogens is 3. The van der Waals surface area contributed by atoms with E-state index < -0.39 is 8.98 Å². The lowest BCUT2D eigenvalue weighted by molar-refractivity contribution is 0.224. The standard InChI is InChI=1S/C6H5Cl2IO/c7-4-1-2-6(8,9)5(10)3-4/h1-3,5,10H. The topological polar surface area (TPSA) is 20.2 Å². The van der Waals surface area contributed by atoms with Crippen LogP contribution in [0, 0.1) is 0 Å². The first kappa shape index (κ1) is 8.84. The summed E-state index contributed by atoms with van der Waals surface area (Å²) in [4.78, 5) is 0. The lowest BCUT2D eigenvalue weighted by Crippen LogP contribution is -2.28. The molecule has 10 heavy (non-hydrogen) atoms. The van der Waals surface area contributed by atoms with Gasteiger partial charge >= 0.3 is 0 Å². The molecule has 0 aromatic heterocycles. The molecule has 0 aromatic carbocycles. The highest BCUT2D eigenvalue weighted by Crippen LogP contribution is 2.35. The SMILES string of the molecule is OC1C=C(Cl)C=CC1(Cl)I. The zero-order chi connectivity index (χ0) is 7.78. The maximum Gasteiger partial charge on any atom is 0.143 e. The average Bonchev–Trinajstić information content (AvgIpc) is 1.81. The second-order valence-corrected chi connectivity index (χ2v) is 5.49. The molecular weight excluding hydrogens is 286 g/mol. The number of hydrogen-bond acceptors (Lipinski definition) is 1. The third-order valence-electron chi connectivity index (χ3n) is 1.18. The summed E-state index contributed by atoms with van der Waals surface area (Å²) >= 11 is 13.4. The number of hydrogen-bond donors (Lipinski definition) is 1. The van der Waals surface area contributed by atoms with E-state index >= 15 is 0 Å². The van der Waals surface area contributed by atoms with E-state index in [1.807, 2.05) is 22.6 Å². The molecule has 2 unspecified atom stereocenters. The molecule has 0 radical (unpaired) electrons. The van der Waals surface area contributed by atoms with Gasteiger partial charge in [0.15, 0.2) is 0 Å². The zero-order valence-corrected chi connectivity index (χ0v) is 8.56. The van der Waals surface area contributed by atoms with Gasteiger partial charge in [-0.15, -0.1) is 0 Å². The van der Waals surface area contributed by atoms with Crippen LogP contribution in [0.5, 0.6) is 0 Å². The van der Waals surface area contributed by atoms with Crippen molar-refractivity contribution in [2.24, 2.45) is 0 Å². The molecule has 0 bridgehead atoms. The number of allylic oxidation sites excluding steroid dienone is 2.